The van der Waals surface area contributed by atoms with Gasteiger partial charge in [0.1, 0.15) is 10.8 Å². The molecule has 0 bridgehead atoms. The highest BCUT2D eigenvalue weighted by atomic mass is 32.2. The van der Waals surface area contributed by atoms with Crippen LogP contribution in [-0.2, 0) is 0 Å². The Balaban J connectivity index is 2.19. The van der Waals surface area contributed by atoms with E-state index in [0.717, 1.165) is 24.7 Å². The van der Waals surface area contributed by atoms with Gasteiger partial charge in [-0.3, -0.25) is 0 Å². The molecule has 0 spiro atoms. The smallest absolute Gasteiger partial charge is 0.129 e. The number of nitrogens with zero attached hydrogens (tertiary/aromatic N) is 2. The van der Waals surface area contributed by atoms with Crippen LogP contribution in [-0.4, -0.2) is 34.1 Å². The largest absolute Gasteiger partial charge is 0.388 e. The van der Waals surface area contributed by atoms with E-state index >= 15 is 0 Å². The van der Waals surface area contributed by atoms with Crippen molar-refractivity contribution in [3.05, 3.63) is 23.9 Å². The molecule has 0 aliphatic carbocycles. The molecular formula is C11H15N3S2. The Bertz CT molecular complexity index is 395. The summed E-state index contributed by atoms with van der Waals surface area (Å²) in [6.07, 6.45) is 0. The number of anilines is 1. The summed E-state index contributed by atoms with van der Waals surface area (Å²) in [6, 6.07) is 5.84. The van der Waals surface area contributed by atoms with Gasteiger partial charge in [0.15, 0.2) is 0 Å². The SMILES string of the molecule is CC1CN(c2cccc(C(N)=S)n2)CCS1. The Labute approximate surface area is 105 Å². The van der Waals surface area contributed by atoms with Crippen LogP contribution in [0.15, 0.2) is 18.2 Å². The first kappa shape index (κ1) is 11.7. The number of aromatic nitrogens is 1. The summed E-state index contributed by atoms with van der Waals surface area (Å²) >= 11 is 6.95. The third-order valence-corrected chi connectivity index (χ3v) is 3.90. The third kappa shape index (κ3) is 2.65. The van der Waals surface area contributed by atoms with Gasteiger partial charge in [0.25, 0.3) is 0 Å². The fourth-order valence-corrected chi connectivity index (χ4v) is 2.89. The molecule has 0 amide bonds. The number of pyridine rings is 1. The Morgan fingerprint density at radius 3 is 3.12 bits per heavy atom. The minimum atomic E-state index is 0.362. The van der Waals surface area contributed by atoms with E-state index < -0.39 is 0 Å². The topological polar surface area (TPSA) is 42.1 Å². The highest BCUT2D eigenvalue weighted by molar-refractivity contribution is 8.00. The molecule has 86 valence electrons. The molecule has 2 N–H and O–H groups in total. The number of hydrogen-bond donors (Lipinski definition) is 1. The molecule has 1 unspecified atom stereocenters. The highest BCUT2D eigenvalue weighted by Gasteiger charge is 2.18. The van der Waals surface area contributed by atoms with Gasteiger partial charge in [-0.15, -0.1) is 0 Å². The van der Waals surface area contributed by atoms with Crippen molar-refractivity contribution in [2.24, 2.45) is 5.73 Å². The number of thioether (sulfide) groups is 1. The lowest BCUT2D eigenvalue weighted by Crippen LogP contribution is -2.37. The maximum atomic E-state index is 5.59. The van der Waals surface area contributed by atoms with Crippen LogP contribution in [0.4, 0.5) is 5.82 Å². The van der Waals surface area contributed by atoms with Gasteiger partial charge in [0.05, 0.1) is 5.69 Å². The quantitative estimate of drug-likeness (QED) is 0.812. The lowest BCUT2D eigenvalue weighted by atomic mass is 10.3. The van der Waals surface area contributed by atoms with E-state index in [2.05, 4.69) is 16.8 Å². The third-order valence-electron chi connectivity index (χ3n) is 2.55. The van der Waals surface area contributed by atoms with Crippen molar-refractivity contribution < 1.29 is 0 Å². The van der Waals surface area contributed by atoms with Crippen LogP contribution in [0.2, 0.25) is 0 Å². The van der Waals surface area contributed by atoms with Crippen molar-refractivity contribution in [3.63, 3.8) is 0 Å². The molecule has 1 fully saturated rings. The van der Waals surface area contributed by atoms with E-state index in [0.29, 0.717) is 15.9 Å². The van der Waals surface area contributed by atoms with Crippen LogP contribution in [0.1, 0.15) is 12.6 Å². The van der Waals surface area contributed by atoms with Crippen molar-refractivity contribution in [2.75, 3.05) is 23.7 Å². The molecule has 3 nitrogen and oxygen atoms in total. The Kier molecular flexibility index (Phi) is 3.66. The predicted molar refractivity (Wildman–Crippen MR) is 74.3 cm³/mol. The minimum absolute atomic E-state index is 0.362. The average Bonchev–Trinajstić information content (AvgIpc) is 2.29. The summed E-state index contributed by atoms with van der Waals surface area (Å²) in [5.41, 5.74) is 6.29. The summed E-state index contributed by atoms with van der Waals surface area (Å²) in [5.74, 6) is 2.14. The van der Waals surface area contributed by atoms with Crippen LogP contribution < -0.4 is 10.6 Å². The fourth-order valence-electron chi connectivity index (χ4n) is 1.76. The van der Waals surface area contributed by atoms with Crippen molar-refractivity contribution in [2.45, 2.75) is 12.2 Å². The van der Waals surface area contributed by atoms with Crippen LogP contribution in [0.25, 0.3) is 0 Å². The first-order chi connectivity index (χ1) is 7.66. The van der Waals surface area contributed by atoms with Crippen molar-refractivity contribution in [1.82, 2.24) is 4.98 Å². The minimum Gasteiger partial charge on any atom is -0.388 e. The zero-order valence-electron chi connectivity index (χ0n) is 9.22. The van der Waals surface area contributed by atoms with E-state index in [9.17, 15) is 0 Å². The second-order valence-electron chi connectivity index (χ2n) is 3.87. The molecular weight excluding hydrogens is 238 g/mol. The molecule has 1 aromatic rings. The molecule has 1 saturated heterocycles. The molecule has 0 radical (unpaired) electrons. The zero-order valence-corrected chi connectivity index (χ0v) is 10.9. The van der Waals surface area contributed by atoms with E-state index in [4.69, 9.17) is 18.0 Å². The molecule has 2 rings (SSSR count). The maximum Gasteiger partial charge on any atom is 0.129 e. The van der Waals surface area contributed by atoms with Crippen LogP contribution in [0.3, 0.4) is 0 Å². The number of thiocarbonyl (C=S) groups is 1. The molecule has 2 heterocycles. The average molecular weight is 253 g/mol. The van der Waals surface area contributed by atoms with E-state index in [1.807, 2.05) is 30.0 Å². The van der Waals surface area contributed by atoms with E-state index in [1.165, 1.54) is 0 Å². The van der Waals surface area contributed by atoms with Crippen molar-refractivity contribution >= 4 is 34.8 Å². The van der Waals surface area contributed by atoms with E-state index in [-0.39, 0.29) is 0 Å². The van der Waals surface area contributed by atoms with Gasteiger partial charge < -0.3 is 10.6 Å². The van der Waals surface area contributed by atoms with Crippen LogP contribution in [0.5, 0.6) is 0 Å². The second kappa shape index (κ2) is 5.01. The molecule has 5 heteroatoms. The summed E-state index contributed by atoms with van der Waals surface area (Å²) in [5, 5.41) is 0.657. The Hall–Kier alpha value is -0.810. The maximum absolute atomic E-state index is 5.59. The number of nitrogens with two attached hydrogens (primary N) is 1. The second-order valence-corrected chi connectivity index (χ2v) is 5.86. The van der Waals surface area contributed by atoms with Crippen LogP contribution in [0, 0.1) is 0 Å². The van der Waals surface area contributed by atoms with Crippen molar-refractivity contribution in [1.29, 1.82) is 0 Å². The molecule has 0 aromatic carbocycles. The zero-order chi connectivity index (χ0) is 11.5. The lowest BCUT2D eigenvalue weighted by molar-refractivity contribution is 0.770. The van der Waals surface area contributed by atoms with Gasteiger partial charge in [-0.05, 0) is 12.1 Å². The first-order valence-corrected chi connectivity index (χ1v) is 6.76. The predicted octanol–water partition coefficient (Wildman–Crippen LogP) is 1.66. The van der Waals surface area contributed by atoms with Gasteiger partial charge >= 0.3 is 0 Å². The van der Waals surface area contributed by atoms with Gasteiger partial charge in [-0.2, -0.15) is 11.8 Å². The molecule has 16 heavy (non-hydrogen) atoms. The first-order valence-electron chi connectivity index (χ1n) is 5.30. The van der Waals surface area contributed by atoms with Crippen LogP contribution >= 0.6 is 24.0 Å². The Morgan fingerprint density at radius 1 is 1.62 bits per heavy atom. The lowest BCUT2D eigenvalue weighted by Gasteiger charge is -2.31. The normalized spacial score (nSPS) is 20.8. The summed E-state index contributed by atoms with van der Waals surface area (Å²) in [6.45, 7) is 4.33. The van der Waals surface area contributed by atoms with Gasteiger partial charge in [0, 0.05) is 24.1 Å². The molecule has 1 aromatic heterocycles. The highest BCUT2D eigenvalue weighted by Crippen LogP contribution is 2.22. The van der Waals surface area contributed by atoms with Gasteiger partial charge in [-0.1, -0.05) is 25.2 Å². The fraction of sp³-hybridized carbons (Fsp3) is 0.455. The summed E-state index contributed by atoms with van der Waals surface area (Å²) < 4.78 is 0. The van der Waals surface area contributed by atoms with Gasteiger partial charge in [0.2, 0.25) is 0 Å². The molecule has 1 aliphatic rings. The molecule has 1 aliphatic heterocycles. The Morgan fingerprint density at radius 2 is 2.44 bits per heavy atom. The monoisotopic (exact) mass is 253 g/mol. The molecule has 1 atom stereocenters. The van der Waals surface area contributed by atoms with Crippen molar-refractivity contribution in [3.8, 4) is 0 Å². The standard InChI is InChI=1S/C11H15N3S2/c1-8-7-14(5-6-16-8)10-4-2-3-9(13-10)11(12)15/h2-4,8H,5-7H2,1H3,(H2,12,15). The summed E-state index contributed by atoms with van der Waals surface area (Å²) in [4.78, 5) is 7.14. The number of hydrogen-bond acceptors (Lipinski definition) is 4. The van der Waals surface area contributed by atoms with Gasteiger partial charge in [-0.25, -0.2) is 4.98 Å². The molecule has 0 saturated carbocycles. The number of rotatable bonds is 2. The summed E-state index contributed by atoms with van der Waals surface area (Å²) in [7, 11) is 0. The van der Waals surface area contributed by atoms with E-state index in [1.54, 1.807) is 0 Å².